The Morgan fingerprint density at radius 1 is 1.19 bits per heavy atom. The summed E-state index contributed by atoms with van der Waals surface area (Å²) in [6, 6.07) is 3.62. The number of carboxylic acids is 1. The molecule has 3 N–H and O–H groups in total. The van der Waals surface area contributed by atoms with E-state index in [9.17, 15) is 14.0 Å². The van der Waals surface area contributed by atoms with Gasteiger partial charge in [0.05, 0.1) is 18.8 Å². The lowest BCUT2D eigenvalue weighted by Crippen LogP contribution is -2.36. The summed E-state index contributed by atoms with van der Waals surface area (Å²) >= 11 is 0. The number of hydrogen-bond donors (Lipinski definition) is 3. The lowest BCUT2D eigenvalue weighted by Gasteiger charge is -2.21. The highest BCUT2D eigenvalue weighted by Gasteiger charge is 2.18. The molecule has 114 valence electrons. The highest BCUT2D eigenvalue weighted by molar-refractivity contribution is 5.95. The predicted octanol–water partition coefficient (Wildman–Crippen LogP) is 0.350. The van der Waals surface area contributed by atoms with Gasteiger partial charge in [0.2, 0.25) is 0 Å². The number of carbonyl (C=O) groups excluding carboxylic acids is 1. The molecule has 0 aliphatic rings. The molecule has 0 saturated carbocycles. The summed E-state index contributed by atoms with van der Waals surface area (Å²) in [4.78, 5) is 23.7. The van der Waals surface area contributed by atoms with Gasteiger partial charge >= 0.3 is 5.97 Å². The molecular weight excluding hydrogens is 281 g/mol. The van der Waals surface area contributed by atoms with Crippen molar-refractivity contribution in [3.05, 3.63) is 41.2 Å². The van der Waals surface area contributed by atoms with Crippen LogP contribution in [0.2, 0.25) is 0 Å². The molecule has 0 fully saturated rings. The first-order chi connectivity index (χ1) is 9.99. The maximum absolute atomic E-state index is 13.7. The number of nitrogens with zero attached hydrogens (tertiary/aromatic N) is 1. The summed E-state index contributed by atoms with van der Waals surface area (Å²) in [5, 5.41) is 26.3. The third-order valence-corrected chi connectivity index (χ3v) is 2.67. The predicted molar refractivity (Wildman–Crippen MR) is 73.1 cm³/mol. The van der Waals surface area contributed by atoms with Gasteiger partial charge in [-0.2, -0.15) is 0 Å². The molecule has 0 aliphatic carbocycles. The van der Waals surface area contributed by atoms with Crippen molar-refractivity contribution in [2.45, 2.75) is 0 Å². The van der Waals surface area contributed by atoms with Crippen molar-refractivity contribution >= 4 is 18.0 Å². The largest absolute Gasteiger partial charge is 0.478 e. The average molecular weight is 297 g/mol. The molecule has 0 radical (unpaired) electrons. The summed E-state index contributed by atoms with van der Waals surface area (Å²) in [5.74, 6) is -2.59. The minimum Gasteiger partial charge on any atom is -0.478 e. The monoisotopic (exact) mass is 297 g/mol. The van der Waals surface area contributed by atoms with Crippen molar-refractivity contribution in [2.24, 2.45) is 0 Å². The molecular formula is C14H16FNO5. The van der Waals surface area contributed by atoms with E-state index in [1.54, 1.807) is 0 Å². The summed E-state index contributed by atoms with van der Waals surface area (Å²) in [7, 11) is 0. The first-order valence-corrected chi connectivity index (χ1v) is 6.21. The van der Waals surface area contributed by atoms with Gasteiger partial charge in [-0.25, -0.2) is 9.18 Å². The van der Waals surface area contributed by atoms with Crippen LogP contribution in [0.25, 0.3) is 6.08 Å². The molecule has 0 unspecified atom stereocenters. The van der Waals surface area contributed by atoms with Crippen molar-refractivity contribution in [1.82, 2.24) is 4.90 Å². The van der Waals surface area contributed by atoms with E-state index in [1.165, 1.54) is 18.2 Å². The third kappa shape index (κ3) is 4.97. The number of aliphatic hydroxyl groups is 2. The van der Waals surface area contributed by atoms with Gasteiger partial charge in [0.25, 0.3) is 5.91 Å². The molecule has 1 amide bonds. The normalized spacial score (nSPS) is 10.8. The Morgan fingerprint density at radius 3 is 2.33 bits per heavy atom. The number of amides is 1. The van der Waals surface area contributed by atoms with Crippen molar-refractivity contribution in [1.29, 1.82) is 0 Å². The van der Waals surface area contributed by atoms with Gasteiger partial charge < -0.3 is 20.2 Å². The molecule has 0 atom stereocenters. The van der Waals surface area contributed by atoms with Crippen LogP contribution in [0, 0.1) is 5.82 Å². The lowest BCUT2D eigenvalue weighted by atomic mass is 10.1. The Bertz CT molecular complexity index is 538. The summed E-state index contributed by atoms with van der Waals surface area (Å²) in [6.45, 7) is -0.694. The first kappa shape index (κ1) is 16.8. The topological polar surface area (TPSA) is 98.1 Å². The average Bonchev–Trinajstić information content (AvgIpc) is 2.45. The number of benzene rings is 1. The number of rotatable bonds is 7. The van der Waals surface area contributed by atoms with Crippen LogP contribution in [-0.4, -0.2) is 58.4 Å². The number of halogens is 1. The van der Waals surface area contributed by atoms with Crippen LogP contribution in [0.15, 0.2) is 24.3 Å². The molecule has 0 aromatic heterocycles. The van der Waals surface area contributed by atoms with E-state index < -0.39 is 17.7 Å². The number of aliphatic carboxylic acids is 1. The fraction of sp³-hybridized carbons (Fsp3) is 0.286. The smallest absolute Gasteiger partial charge is 0.328 e. The molecule has 1 aromatic carbocycles. The van der Waals surface area contributed by atoms with Gasteiger partial charge in [-0.15, -0.1) is 0 Å². The second-order valence-electron chi connectivity index (χ2n) is 4.15. The van der Waals surface area contributed by atoms with Crippen LogP contribution in [0.5, 0.6) is 0 Å². The number of aliphatic hydroxyl groups excluding tert-OH is 2. The van der Waals surface area contributed by atoms with Gasteiger partial charge in [0.1, 0.15) is 5.82 Å². The Hall–Kier alpha value is -2.25. The van der Waals surface area contributed by atoms with Gasteiger partial charge in [0.15, 0.2) is 0 Å². The molecule has 1 aromatic rings. The molecule has 0 heterocycles. The van der Waals surface area contributed by atoms with Gasteiger partial charge in [-0.3, -0.25) is 4.79 Å². The second kappa shape index (κ2) is 8.13. The fourth-order valence-electron chi connectivity index (χ4n) is 1.70. The van der Waals surface area contributed by atoms with Gasteiger partial charge in [0, 0.05) is 19.2 Å². The van der Waals surface area contributed by atoms with E-state index in [-0.39, 0.29) is 31.9 Å². The maximum atomic E-state index is 13.7. The Morgan fingerprint density at radius 2 is 1.81 bits per heavy atom. The fourth-order valence-corrected chi connectivity index (χ4v) is 1.70. The quantitative estimate of drug-likeness (QED) is 0.631. The Labute approximate surface area is 120 Å². The van der Waals surface area contributed by atoms with E-state index in [0.29, 0.717) is 5.56 Å². The SMILES string of the molecule is O=C(O)C=Cc1ccc(F)c(C(=O)N(CCO)CCO)c1. The minimum absolute atomic E-state index is 0.0337. The van der Waals surface area contributed by atoms with Crippen LogP contribution in [0.3, 0.4) is 0 Å². The van der Waals surface area contributed by atoms with Crippen molar-refractivity contribution in [3.63, 3.8) is 0 Å². The molecule has 21 heavy (non-hydrogen) atoms. The van der Waals surface area contributed by atoms with Crippen LogP contribution < -0.4 is 0 Å². The summed E-state index contributed by atoms with van der Waals surface area (Å²) in [5.41, 5.74) is 0.111. The molecule has 0 spiro atoms. The summed E-state index contributed by atoms with van der Waals surface area (Å²) in [6.07, 6.45) is 2.11. The molecule has 1 rings (SSSR count). The van der Waals surface area contributed by atoms with Crippen molar-refractivity contribution in [2.75, 3.05) is 26.3 Å². The first-order valence-electron chi connectivity index (χ1n) is 6.21. The van der Waals surface area contributed by atoms with Crippen LogP contribution in [0.4, 0.5) is 4.39 Å². The lowest BCUT2D eigenvalue weighted by molar-refractivity contribution is -0.131. The molecule has 0 bridgehead atoms. The van der Waals surface area contributed by atoms with Crippen LogP contribution in [-0.2, 0) is 4.79 Å². The molecule has 6 nitrogen and oxygen atoms in total. The molecule has 7 heteroatoms. The van der Waals surface area contributed by atoms with E-state index in [4.69, 9.17) is 15.3 Å². The zero-order valence-electron chi connectivity index (χ0n) is 11.2. The van der Waals surface area contributed by atoms with Crippen LogP contribution in [0.1, 0.15) is 15.9 Å². The third-order valence-electron chi connectivity index (χ3n) is 2.67. The van der Waals surface area contributed by atoms with E-state index >= 15 is 0 Å². The van der Waals surface area contributed by atoms with Crippen LogP contribution >= 0.6 is 0 Å². The highest BCUT2D eigenvalue weighted by Crippen LogP contribution is 2.14. The number of carboxylic acid groups (broad SMARTS) is 1. The van der Waals surface area contributed by atoms with Gasteiger partial charge in [-0.05, 0) is 23.8 Å². The highest BCUT2D eigenvalue weighted by atomic mass is 19.1. The number of carbonyl (C=O) groups is 2. The van der Waals surface area contributed by atoms with E-state index in [1.807, 2.05) is 0 Å². The van der Waals surface area contributed by atoms with Crippen molar-refractivity contribution < 1.29 is 29.3 Å². The molecule has 0 saturated heterocycles. The van der Waals surface area contributed by atoms with Crippen molar-refractivity contribution in [3.8, 4) is 0 Å². The Kier molecular flexibility index (Phi) is 6.51. The summed E-state index contributed by atoms with van der Waals surface area (Å²) < 4.78 is 13.7. The zero-order valence-corrected chi connectivity index (χ0v) is 11.2. The molecule has 0 aliphatic heterocycles. The Balaban J connectivity index is 3.06. The number of hydrogen-bond acceptors (Lipinski definition) is 4. The second-order valence-corrected chi connectivity index (χ2v) is 4.15. The van der Waals surface area contributed by atoms with E-state index in [0.717, 1.165) is 17.0 Å². The maximum Gasteiger partial charge on any atom is 0.328 e. The standard InChI is InChI=1S/C14H16FNO5/c15-12-3-1-10(2-4-13(19)20)9-11(12)14(21)16(5-7-17)6-8-18/h1-4,9,17-18H,5-8H2,(H,19,20). The zero-order chi connectivity index (χ0) is 15.8. The minimum atomic E-state index is -1.16. The van der Waals surface area contributed by atoms with E-state index in [2.05, 4.69) is 0 Å². The van der Waals surface area contributed by atoms with Gasteiger partial charge in [-0.1, -0.05) is 6.07 Å².